The molecule has 0 aliphatic carbocycles. The van der Waals surface area contributed by atoms with Gasteiger partial charge in [0.15, 0.2) is 0 Å². The lowest BCUT2D eigenvalue weighted by Crippen LogP contribution is -2.38. The van der Waals surface area contributed by atoms with Gasteiger partial charge < -0.3 is 15.2 Å². The van der Waals surface area contributed by atoms with Crippen molar-refractivity contribution >= 4 is 0 Å². The predicted molar refractivity (Wildman–Crippen MR) is 70.2 cm³/mol. The van der Waals surface area contributed by atoms with Crippen LogP contribution in [0.25, 0.3) is 0 Å². The third kappa shape index (κ3) is 4.36. The molecule has 1 atom stereocenters. The highest BCUT2D eigenvalue weighted by molar-refractivity contribution is 5.27. The minimum Gasteiger partial charge on any atom is -0.508 e. The van der Waals surface area contributed by atoms with E-state index in [2.05, 4.69) is 26.1 Å². The van der Waals surface area contributed by atoms with Crippen molar-refractivity contribution in [2.24, 2.45) is 0 Å². The molecule has 0 amide bonds. The molecule has 0 heterocycles. The van der Waals surface area contributed by atoms with Crippen LogP contribution in [0.2, 0.25) is 0 Å². The Morgan fingerprint density at radius 3 is 2.35 bits per heavy atom. The molecule has 0 bridgehead atoms. The van der Waals surface area contributed by atoms with Crippen molar-refractivity contribution in [3.05, 3.63) is 29.8 Å². The highest BCUT2D eigenvalue weighted by atomic mass is 16.5. The van der Waals surface area contributed by atoms with Gasteiger partial charge in [-0.2, -0.15) is 0 Å². The fourth-order valence-electron chi connectivity index (χ4n) is 1.65. The van der Waals surface area contributed by atoms with Crippen LogP contribution in [0, 0.1) is 0 Å². The maximum Gasteiger partial charge on any atom is 0.115 e. The Labute approximate surface area is 104 Å². The molecule has 96 valence electrons. The maximum atomic E-state index is 9.27. The Kier molecular flexibility index (Phi) is 4.97. The molecule has 1 unspecified atom stereocenters. The van der Waals surface area contributed by atoms with E-state index in [9.17, 15) is 5.11 Å². The van der Waals surface area contributed by atoms with E-state index in [4.69, 9.17) is 4.74 Å². The molecular formula is C14H23NO2. The highest BCUT2D eigenvalue weighted by Gasteiger charge is 2.18. The van der Waals surface area contributed by atoms with Gasteiger partial charge in [-0.1, -0.05) is 19.1 Å². The molecule has 0 spiro atoms. The van der Waals surface area contributed by atoms with Crippen LogP contribution in [-0.4, -0.2) is 24.4 Å². The topological polar surface area (TPSA) is 41.5 Å². The number of benzene rings is 1. The van der Waals surface area contributed by atoms with Gasteiger partial charge in [-0.25, -0.2) is 0 Å². The molecule has 0 saturated carbocycles. The van der Waals surface area contributed by atoms with E-state index >= 15 is 0 Å². The fourth-order valence-corrected chi connectivity index (χ4v) is 1.65. The molecule has 0 aromatic heterocycles. The van der Waals surface area contributed by atoms with Crippen LogP contribution in [-0.2, 0) is 4.74 Å². The minimum atomic E-state index is -0.162. The lowest BCUT2D eigenvalue weighted by Gasteiger charge is -2.27. The van der Waals surface area contributed by atoms with Crippen molar-refractivity contribution in [3.8, 4) is 5.75 Å². The number of phenols is 1. The largest absolute Gasteiger partial charge is 0.508 e. The number of aromatic hydroxyl groups is 1. The third-order valence-electron chi connectivity index (χ3n) is 3.03. The summed E-state index contributed by atoms with van der Waals surface area (Å²) in [6.45, 7) is 7.06. The van der Waals surface area contributed by atoms with E-state index in [0.29, 0.717) is 11.8 Å². The van der Waals surface area contributed by atoms with Crippen molar-refractivity contribution in [1.82, 2.24) is 5.32 Å². The second-order valence-corrected chi connectivity index (χ2v) is 4.90. The number of rotatable bonds is 6. The van der Waals surface area contributed by atoms with Crippen LogP contribution in [0.5, 0.6) is 5.75 Å². The number of ether oxygens (including phenoxy) is 1. The number of hydrogen-bond acceptors (Lipinski definition) is 3. The average Bonchev–Trinajstić information content (AvgIpc) is 2.32. The van der Waals surface area contributed by atoms with Crippen LogP contribution >= 0.6 is 0 Å². The monoisotopic (exact) mass is 237 g/mol. The van der Waals surface area contributed by atoms with Crippen molar-refractivity contribution in [2.45, 2.75) is 38.8 Å². The van der Waals surface area contributed by atoms with Gasteiger partial charge in [0.25, 0.3) is 0 Å². The summed E-state index contributed by atoms with van der Waals surface area (Å²) < 4.78 is 5.39. The zero-order valence-corrected chi connectivity index (χ0v) is 11.2. The standard InChI is InChI=1S/C14H23NO2/c1-5-13(15-10-14(2,3)17-4)11-6-8-12(16)9-7-11/h6-9,13,15-16H,5,10H2,1-4H3. The first-order chi connectivity index (χ1) is 7.98. The highest BCUT2D eigenvalue weighted by Crippen LogP contribution is 2.20. The van der Waals surface area contributed by atoms with Gasteiger partial charge in [-0.15, -0.1) is 0 Å². The molecule has 1 aromatic rings. The van der Waals surface area contributed by atoms with Crippen LogP contribution in [0.15, 0.2) is 24.3 Å². The second kappa shape index (κ2) is 6.03. The van der Waals surface area contributed by atoms with E-state index in [-0.39, 0.29) is 5.60 Å². The molecule has 0 aliphatic heterocycles. The SMILES string of the molecule is CCC(NCC(C)(C)OC)c1ccc(O)cc1. The number of hydrogen-bond donors (Lipinski definition) is 2. The summed E-state index contributed by atoms with van der Waals surface area (Å²) in [6, 6.07) is 7.65. The van der Waals surface area contributed by atoms with E-state index in [0.717, 1.165) is 13.0 Å². The quantitative estimate of drug-likeness (QED) is 0.799. The second-order valence-electron chi connectivity index (χ2n) is 4.90. The van der Waals surface area contributed by atoms with Crippen LogP contribution in [0.1, 0.15) is 38.8 Å². The van der Waals surface area contributed by atoms with Gasteiger partial charge in [-0.3, -0.25) is 0 Å². The first-order valence-corrected chi connectivity index (χ1v) is 6.06. The average molecular weight is 237 g/mol. The molecule has 1 rings (SSSR count). The predicted octanol–water partition coefficient (Wildman–Crippen LogP) is 2.86. The van der Waals surface area contributed by atoms with E-state index in [1.54, 1.807) is 19.2 Å². The normalized spacial score (nSPS) is 13.6. The van der Waals surface area contributed by atoms with E-state index in [1.807, 2.05) is 12.1 Å². The smallest absolute Gasteiger partial charge is 0.115 e. The third-order valence-corrected chi connectivity index (χ3v) is 3.03. The molecule has 1 aromatic carbocycles. The number of nitrogens with one attached hydrogen (secondary N) is 1. The Hall–Kier alpha value is -1.06. The lowest BCUT2D eigenvalue weighted by atomic mass is 10.0. The van der Waals surface area contributed by atoms with Crippen LogP contribution in [0.3, 0.4) is 0 Å². The minimum absolute atomic E-state index is 0.162. The van der Waals surface area contributed by atoms with Crippen molar-refractivity contribution in [1.29, 1.82) is 0 Å². The first kappa shape index (κ1) is 14.0. The summed E-state index contributed by atoms with van der Waals surface area (Å²) >= 11 is 0. The fraction of sp³-hybridized carbons (Fsp3) is 0.571. The number of phenolic OH excluding ortho intramolecular Hbond substituents is 1. The Balaban J connectivity index is 2.63. The summed E-state index contributed by atoms with van der Waals surface area (Å²) in [5.74, 6) is 0.306. The molecule has 17 heavy (non-hydrogen) atoms. The van der Waals surface area contributed by atoms with E-state index in [1.165, 1.54) is 5.56 Å². The molecule has 3 nitrogen and oxygen atoms in total. The van der Waals surface area contributed by atoms with Gasteiger partial charge in [0.1, 0.15) is 5.75 Å². The van der Waals surface area contributed by atoms with Crippen molar-refractivity contribution in [3.63, 3.8) is 0 Å². The number of methoxy groups -OCH3 is 1. The van der Waals surface area contributed by atoms with Crippen LogP contribution < -0.4 is 5.32 Å². The lowest BCUT2D eigenvalue weighted by molar-refractivity contribution is 0.0209. The molecule has 0 saturated heterocycles. The summed E-state index contributed by atoms with van der Waals surface area (Å²) in [7, 11) is 1.73. The zero-order valence-electron chi connectivity index (χ0n) is 11.2. The van der Waals surface area contributed by atoms with Gasteiger partial charge in [-0.05, 0) is 38.0 Å². The van der Waals surface area contributed by atoms with Gasteiger partial charge in [0.05, 0.1) is 5.60 Å². The van der Waals surface area contributed by atoms with Crippen molar-refractivity contribution < 1.29 is 9.84 Å². The van der Waals surface area contributed by atoms with Gasteiger partial charge in [0.2, 0.25) is 0 Å². The maximum absolute atomic E-state index is 9.27. The van der Waals surface area contributed by atoms with E-state index < -0.39 is 0 Å². The Bertz CT molecular complexity index is 333. The first-order valence-electron chi connectivity index (χ1n) is 6.06. The summed E-state index contributed by atoms with van der Waals surface area (Å²) in [4.78, 5) is 0. The molecule has 3 heteroatoms. The summed E-state index contributed by atoms with van der Waals surface area (Å²) in [5, 5.41) is 12.8. The van der Waals surface area contributed by atoms with Gasteiger partial charge in [0, 0.05) is 19.7 Å². The Morgan fingerprint density at radius 2 is 1.88 bits per heavy atom. The Morgan fingerprint density at radius 1 is 1.29 bits per heavy atom. The zero-order chi connectivity index (χ0) is 12.9. The molecule has 0 aliphatic rings. The summed E-state index contributed by atoms with van der Waals surface area (Å²) in [5.41, 5.74) is 1.03. The molecular weight excluding hydrogens is 214 g/mol. The van der Waals surface area contributed by atoms with Gasteiger partial charge >= 0.3 is 0 Å². The van der Waals surface area contributed by atoms with Crippen LogP contribution in [0.4, 0.5) is 0 Å². The van der Waals surface area contributed by atoms with Crippen molar-refractivity contribution in [2.75, 3.05) is 13.7 Å². The molecule has 0 fully saturated rings. The summed E-state index contributed by atoms with van der Waals surface area (Å²) in [6.07, 6.45) is 1.00. The molecule has 2 N–H and O–H groups in total. The molecule has 0 radical (unpaired) electrons.